The third-order valence-corrected chi connectivity index (χ3v) is 4.92. The van der Waals surface area contributed by atoms with Crippen molar-refractivity contribution in [3.63, 3.8) is 0 Å². The Morgan fingerprint density at radius 2 is 1.69 bits per heavy atom. The second kappa shape index (κ2) is 6.57. The van der Waals surface area contributed by atoms with Crippen molar-refractivity contribution in [2.45, 2.75) is 44.6 Å². The Morgan fingerprint density at radius 1 is 1.08 bits per heavy atom. The van der Waals surface area contributed by atoms with Gasteiger partial charge in [-0.1, -0.05) is 32.1 Å². The van der Waals surface area contributed by atoms with Gasteiger partial charge in [0, 0.05) is 14.2 Å². The third-order valence-electron chi connectivity index (χ3n) is 3.06. The molecule has 0 aliphatic heterocycles. The quantitative estimate of drug-likeness (QED) is 0.638. The van der Waals surface area contributed by atoms with E-state index in [1.807, 2.05) is 0 Å². The third kappa shape index (κ3) is 4.25. The van der Waals surface area contributed by atoms with Crippen LogP contribution in [-0.2, 0) is 8.85 Å². The molecule has 3 heteroatoms. The minimum Gasteiger partial charge on any atom is -0.400 e. The van der Waals surface area contributed by atoms with Crippen molar-refractivity contribution in [3.8, 4) is 0 Å². The van der Waals surface area contributed by atoms with Gasteiger partial charge in [-0.25, -0.2) is 0 Å². The highest BCUT2D eigenvalue weighted by Gasteiger charge is 2.16. The Balaban J connectivity index is 2.09. The van der Waals surface area contributed by atoms with Crippen LogP contribution < -0.4 is 0 Å². The molecule has 1 aliphatic rings. The van der Waals surface area contributed by atoms with Crippen LogP contribution in [0.5, 0.6) is 0 Å². The van der Waals surface area contributed by atoms with Crippen molar-refractivity contribution in [1.29, 1.82) is 0 Å². The molecule has 78 valence electrons. The Kier molecular flexibility index (Phi) is 5.67. The van der Waals surface area contributed by atoms with Crippen molar-refractivity contribution >= 4 is 9.28 Å². The van der Waals surface area contributed by atoms with Gasteiger partial charge >= 0.3 is 9.28 Å². The van der Waals surface area contributed by atoms with E-state index in [0.717, 1.165) is 5.92 Å². The maximum atomic E-state index is 5.31. The molecule has 0 aromatic carbocycles. The van der Waals surface area contributed by atoms with Gasteiger partial charge in [0.2, 0.25) is 0 Å². The van der Waals surface area contributed by atoms with Crippen LogP contribution in [0.2, 0.25) is 6.04 Å². The van der Waals surface area contributed by atoms with Gasteiger partial charge < -0.3 is 8.85 Å². The van der Waals surface area contributed by atoms with Crippen LogP contribution in [0.1, 0.15) is 38.5 Å². The highest BCUT2D eigenvalue weighted by atomic mass is 28.3. The molecule has 0 aromatic heterocycles. The molecule has 0 aromatic rings. The summed E-state index contributed by atoms with van der Waals surface area (Å²) in [7, 11) is 2.29. The van der Waals surface area contributed by atoms with Crippen LogP contribution in [0, 0.1) is 5.92 Å². The topological polar surface area (TPSA) is 18.5 Å². The first kappa shape index (κ1) is 11.2. The molecular weight excluding hydrogens is 180 g/mol. The predicted molar refractivity (Wildman–Crippen MR) is 57.2 cm³/mol. The second-order valence-electron chi connectivity index (χ2n) is 3.98. The lowest BCUT2D eigenvalue weighted by Crippen LogP contribution is -2.20. The molecule has 0 heterocycles. The van der Waals surface area contributed by atoms with Crippen molar-refractivity contribution < 1.29 is 8.85 Å². The van der Waals surface area contributed by atoms with E-state index in [2.05, 4.69) is 0 Å². The van der Waals surface area contributed by atoms with Gasteiger partial charge in [-0.15, -0.1) is 0 Å². The molecule has 0 spiro atoms. The van der Waals surface area contributed by atoms with Gasteiger partial charge in [0.25, 0.3) is 0 Å². The normalized spacial score (nSPS) is 19.6. The van der Waals surface area contributed by atoms with Crippen LogP contribution in [0.15, 0.2) is 0 Å². The Labute approximate surface area is 83.5 Å². The van der Waals surface area contributed by atoms with Gasteiger partial charge in [0.15, 0.2) is 0 Å². The van der Waals surface area contributed by atoms with Crippen molar-refractivity contribution in [1.82, 2.24) is 0 Å². The van der Waals surface area contributed by atoms with Gasteiger partial charge in [0.1, 0.15) is 0 Å². The molecule has 0 saturated heterocycles. The second-order valence-corrected chi connectivity index (χ2v) is 6.36. The molecule has 0 bridgehead atoms. The molecule has 0 atom stereocenters. The molecule has 0 N–H and O–H groups in total. The summed E-state index contributed by atoms with van der Waals surface area (Å²) in [6.07, 6.45) is 8.54. The van der Waals surface area contributed by atoms with Crippen LogP contribution in [0.3, 0.4) is 0 Å². The van der Waals surface area contributed by atoms with E-state index >= 15 is 0 Å². The summed E-state index contributed by atoms with van der Waals surface area (Å²) in [4.78, 5) is 0. The SMILES string of the molecule is CO[SiH](CCC1CCCCC1)OC. The highest BCUT2D eigenvalue weighted by molar-refractivity contribution is 6.44. The Bertz CT molecular complexity index is 120. The zero-order chi connectivity index (χ0) is 9.52. The van der Waals surface area contributed by atoms with Crippen molar-refractivity contribution in [2.24, 2.45) is 5.92 Å². The van der Waals surface area contributed by atoms with Gasteiger partial charge in [-0.2, -0.15) is 0 Å². The molecular formula is C10H22O2Si. The van der Waals surface area contributed by atoms with Gasteiger partial charge in [-0.3, -0.25) is 0 Å². The zero-order valence-corrected chi connectivity index (χ0v) is 10.1. The van der Waals surface area contributed by atoms with Crippen molar-refractivity contribution in [3.05, 3.63) is 0 Å². The van der Waals surface area contributed by atoms with E-state index in [9.17, 15) is 0 Å². The maximum absolute atomic E-state index is 5.31. The Hall–Kier alpha value is 0.137. The van der Waals surface area contributed by atoms with Crippen LogP contribution in [0.4, 0.5) is 0 Å². The highest BCUT2D eigenvalue weighted by Crippen LogP contribution is 2.27. The van der Waals surface area contributed by atoms with Crippen LogP contribution in [0.25, 0.3) is 0 Å². The lowest BCUT2D eigenvalue weighted by molar-refractivity contribution is 0.267. The zero-order valence-electron chi connectivity index (χ0n) is 8.92. The Morgan fingerprint density at radius 3 is 2.23 bits per heavy atom. The summed E-state index contributed by atoms with van der Waals surface area (Å²) in [6.45, 7) is 0. The van der Waals surface area contributed by atoms with Gasteiger partial charge in [0.05, 0.1) is 0 Å². The number of rotatable bonds is 5. The van der Waals surface area contributed by atoms with E-state index in [1.54, 1.807) is 14.2 Å². The van der Waals surface area contributed by atoms with E-state index in [1.165, 1.54) is 44.6 Å². The van der Waals surface area contributed by atoms with Crippen LogP contribution in [-0.4, -0.2) is 23.5 Å². The maximum Gasteiger partial charge on any atom is 0.320 e. The van der Waals surface area contributed by atoms with Crippen LogP contribution >= 0.6 is 0 Å². The molecule has 2 nitrogen and oxygen atoms in total. The molecule has 1 rings (SSSR count). The molecule has 0 amide bonds. The largest absolute Gasteiger partial charge is 0.400 e. The summed E-state index contributed by atoms with van der Waals surface area (Å²) < 4.78 is 10.6. The van der Waals surface area contributed by atoms with Crippen molar-refractivity contribution in [2.75, 3.05) is 14.2 Å². The molecule has 1 aliphatic carbocycles. The average molecular weight is 202 g/mol. The number of hydrogen-bond acceptors (Lipinski definition) is 2. The first-order chi connectivity index (χ1) is 6.36. The molecule has 1 fully saturated rings. The average Bonchev–Trinajstić information content (AvgIpc) is 2.21. The summed E-state index contributed by atoms with van der Waals surface area (Å²) in [5, 5.41) is 0. The lowest BCUT2D eigenvalue weighted by atomic mass is 9.88. The summed E-state index contributed by atoms with van der Waals surface area (Å²) in [5.41, 5.74) is 0. The molecule has 0 radical (unpaired) electrons. The van der Waals surface area contributed by atoms with E-state index in [4.69, 9.17) is 8.85 Å². The lowest BCUT2D eigenvalue weighted by Gasteiger charge is -2.22. The fraction of sp³-hybridized carbons (Fsp3) is 1.00. The van der Waals surface area contributed by atoms with Gasteiger partial charge in [-0.05, 0) is 18.4 Å². The monoisotopic (exact) mass is 202 g/mol. The smallest absolute Gasteiger partial charge is 0.320 e. The summed E-state index contributed by atoms with van der Waals surface area (Å²) >= 11 is 0. The first-order valence-corrected chi connectivity index (χ1v) is 7.18. The number of hydrogen-bond donors (Lipinski definition) is 0. The predicted octanol–water partition coefficient (Wildman–Crippen LogP) is 2.47. The molecule has 1 saturated carbocycles. The minimum atomic E-state index is -1.26. The standard InChI is InChI=1S/C10H22O2Si/c1-11-13(12-2)9-8-10-6-4-3-5-7-10/h10,13H,3-9H2,1-2H3. The minimum absolute atomic E-state index is 0.967. The van der Waals surface area contributed by atoms with E-state index < -0.39 is 9.28 Å². The van der Waals surface area contributed by atoms with E-state index in [-0.39, 0.29) is 0 Å². The summed E-state index contributed by atoms with van der Waals surface area (Å²) in [6, 6.07) is 1.19. The first-order valence-electron chi connectivity index (χ1n) is 5.42. The molecule has 0 unspecified atom stereocenters. The fourth-order valence-corrected chi connectivity index (χ4v) is 3.59. The fourth-order valence-electron chi connectivity index (χ4n) is 2.18. The van der Waals surface area contributed by atoms with E-state index in [0.29, 0.717) is 0 Å². The molecule has 13 heavy (non-hydrogen) atoms. The summed E-state index contributed by atoms with van der Waals surface area (Å²) in [5.74, 6) is 0.967.